The van der Waals surface area contributed by atoms with Crippen molar-refractivity contribution in [3.8, 4) is 45.0 Å². The van der Waals surface area contributed by atoms with Gasteiger partial charge in [-0.15, -0.1) is 140 Å². The number of fused-ring (bicyclic) bond motifs is 4. The van der Waals surface area contributed by atoms with E-state index in [1.165, 1.54) is 166 Å². The Hall–Kier alpha value is -8.88. The van der Waals surface area contributed by atoms with Crippen LogP contribution in [0.3, 0.4) is 0 Å². The molecule has 2 N–H and O–H groups in total. The molecule has 0 unspecified atom stereocenters. The fraction of sp³-hybridized carbons (Fsp3) is 0.450. The van der Waals surface area contributed by atoms with E-state index in [2.05, 4.69) is 250 Å². The molecule has 10 heteroatoms. The van der Waals surface area contributed by atoms with E-state index in [-0.39, 0.29) is 87.0 Å². The molecule has 8 bridgehead atoms. The number of aromatic nitrogens is 4. The van der Waals surface area contributed by atoms with Crippen molar-refractivity contribution in [1.82, 2.24) is 19.9 Å². The zero-order chi connectivity index (χ0) is 92.3. The van der Waals surface area contributed by atoms with Gasteiger partial charge in [-0.1, -0.05) is 211 Å². The Morgan fingerprint density at radius 1 is 0.354 bits per heavy atom. The summed E-state index contributed by atoms with van der Waals surface area (Å²) < 4.78 is 8.03. The molecule has 8 aromatic carbocycles. The first-order valence-electron chi connectivity index (χ1n) is 49.4. The minimum atomic E-state index is 0. The monoisotopic (exact) mass is 2090 g/mol. The summed E-state index contributed by atoms with van der Waals surface area (Å²) in [7, 11) is 0. The van der Waals surface area contributed by atoms with E-state index in [0.717, 1.165) is 154 Å². The summed E-state index contributed by atoms with van der Waals surface area (Å²) in [4.78, 5) is 42.0. The van der Waals surface area contributed by atoms with Crippen molar-refractivity contribution < 1.29 is 61.4 Å². The Bertz CT molecular complexity index is 5640. The van der Waals surface area contributed by atoms with Gasteiger partial charge < -0.3 is 30.1 Å². The van der Waals surface area contributed by atoms with Crippen molar-refractivity contribution in [2.45, 2.75) is 290 Å². The van der Waals surface area contributed by atoms with Crippen LogP contribution in [0.15, 0.2) is 194 Å². The Morgan fingerprint density at radius 2 is 0.608 bits per heavy atom. The Kier molecular flexibility index (Phi) is 35.2. The van der Waals surface area contributed by atoms with Gasteiger partial charge in [-0.05, 0) is 299 Å². The number of pyridine rings is 4. The molecule has 8 saturated carbocycles. The molecular formula is C120H144Ir2N4O4-4. The molecule has 0 aliphatic heterocycles. The Labute approximate surface area is 808 Å². The van der Waals surface area contributed by atoms with Gasteiger partial charge in [0.05, 0.1) is 12.9 Å². The van der Waals surface area contributed by atoms with Crippen molar-refractivity contribution >= 4 is 54.7 Å². The number of allylic oxidation sites excluding steroid dienone is 4. The van der Waals surface area contributed by atoms with Crippen LogP contribution in [0.4, 0.5) is 0 Å². The minimum Gasteiger partial charge on any atom is -0.512 e. The molecule has 4 heterocycles. The molecule has 0 saturated heterocycles. The predicted octanol–water partition coefficient (Wildman–Crippen LogP) is 32.2. The first kappa shape index (κ1) is 100. The summed E-state index contributed by atoms with van der Waals surface area (Å²) in [5, 5.41) is 29.3. The third kappa shape index (κ3) is 24.4. The predicted molar refractivity (Wildman–Crippen MR) is 538 cm³/mol. The smallest absolute Gasteiger partial charge is 0.162 e. The van der Waals surface area contributed by atoms with Crippen LogP contribution in [-0.4, -0.2) is 41.7 Å². The zero-order valence-electron chi connectivity index (χ0n) is 82.5. The molecule has 8 aliphatic carbocycles. The zero-order valence-corrected chi connectivity index (χ0v) is 86.3. The first-order chi connectivity index (χ1) is 61.8. The van der Waals surface area contributed by atoms with E-state index >= 15 is 0 Å². The molecule has 2 radical (unpaired) electrons. The molecule has 8 aliphatic rings. The summed E-state index contributed by atoms with van der Waals surface area (Å²) in [5.74, 6) is 8.03. The second-order valence-corrected chi connectivity index (χ2v) is 40.1. The number of aliphatic hydroxyl groups is 2. The number of benzene rings is 8. The third-order valence-electron chi connectivity index (χ3n) is 29.5. The van der Waals surface area contributed by atoms with Gasteiger partial charge in [-0.25, -0.2) is 0 Å². The largest absolute Gasteiger partial charge is 0.512 e. The van der Waals surface area contributed by atoms with E-state index in [4.69, 9.17) is 11.3 Å². The molecule has 0 atom stereocenters. The number of aliphatic hydroxyl groups excluding tert-OH is 2. The van der Waals surface area contributed by atoms with E-state index in [0.29, 0.717) is 28.8 Å². The topological polar surface area (TPSA) is 126 Å². The molecule has 8 nitrogen and oxygen atoms in total. The average Bonchev–Trinajstić information content (AvgIpc) is 0.732. The summed E-state index contributed by atoms with van der Waals surface area (Å²) in [6, 6.07) is 67.1. The van der Waals surface area contributed by atoms with Gasteiger partial charge in [-0.3, -0.25) is 9.59 Å². The summed E-state index contributed by atoms with van der Waals surface area (Å²) in [6.07, 6.45) is 33.5. The van der Waals surface area contributed by atoms with E-state index < -0.39 is 0 Å². The number of hydrogen-bond acceptors (Lipinski definition) is 8. The summed E-state index contributed by atoms with van der Waals surface area (Å²) in [6.45, 7) is 41.8. The van der Waals surface area contributed by atoms with Crippen LogP contribution in [0.2, 0.25) is 0 Å². The average molecular weight is 2090 g/mol. The maximum Gasteiger partial charge on any atom is 0.162 e. The Balaban J connectivity index is 0.000000154. The summed E-state index contributed by atoms with van der Waals surface area (Å²) in [5.41, 5.74) is 24.7. The maximum atomic E-state index is 11.7. The van der Waals surface area contributed by atoms with Gasteiger partial charge in [0.25, 0.3) is 0 Å². The van der Waals surface area contributed by atoms with Gasteiger partial charge >= 0.3 is 0 Å². The number of aryl methyl sites for hydroxylation is 8. The van der Waals surface area contributed by atoms with Crippen molar-refractivity contribution in [2.24, 2.45) is 59.2 Å². The third-order valence-corrected chi connectivity index (χ3v) is 29.5. The number of ketones is 2. The molecule has 12 aromatic rings. The molecule has 0 amide bonds. The van der Waals surface area contributed by atoms with Gasteiger partial charge in [-0.2, -0.15) is 0 Å². The van der Waals surface area contributed by atoms with Crippen molar-refractivity contribution in [2.75, 3.05) is 0 Å². The van der Waals surface area contributed by atoms with Gasteiger partial charge in [0, 0.05) is 101 Å². The van der Waals surface area contributed by atoms with Crippen LogP contribution in [0.1, 0.15) is 291 Å². The number of rotatable bonds is 22. The van der Waals surface area contributed by atoms with Crippen LogP contribution >= 0.6 is 0 Å². The normalized spacial score (nSPS) is 19.9. The fourth-order valence-electron chi connectivity index (χ4n) is 23.5. The number of carbonyl (C=O) groups is 2. The SMILES string of the molecule is CCC(CC)C(=O)C=C(O)C(CC)CC.CCC(CC)C(=O)C=C(O)C(CC)CC.Cc1[c-]c(-c2nccc3cc(C(C)C)ccc23)cc(C)c1.Cc1[c-]c(-c2nccc3cc(C45CC6CC(CC(C6)C4)C5)ccc23)cc(C)c1.Cc1[c-]c(-c2nccc3cc(C45CC6CC(CC(C6)C4)C5)ccc23)cc(C)c1.[2H]c1cc2cc(C(C)C)ccc2c(-c2[c-]c(C)cc(C)c2)n1.[Ir].[Ir]. The number of nitrogens with zero attached hydrogens (tertiary/aromatic N) is 4. The number of hydrogen-bond donors (Lipinski definition) is 2. The van der Waals surface area contributed by atoms with Crippen LogP contribution < -0.4 is 0 Å². The first-order valence-corrected chi connectivity index (χ1v) is 48.9. The molecule has 690 valence electrons. The van der Waals surface area contributed by atoms with Crippen LogP contribution in [0.25, 0.3) is 88.1 Å². The number of carbonyl (C=O) groups excluding carboxylic acids is 2. The van der Waals surface area contributed by atoms with Crippen LogP contribution in [-0.2, 0) is 60.6 Å². The minimum absolute atomic E-state index is 0. The quantitative estimate of drug-likeness (QED) is 0.0390. The van der Waals surface area contributed by atoms with E-state index in [9.17, 15) is 19.8 Å². The molecule has 8 fully saturated rings. The molecule has 4 aromatic heterocycles. The maximum absolute atomic E-state index is 11.7. The van der Waals surface area contributed by atoms with Crippen molar-refractivity contribution in [3.63, 3.8) is 0 Å². The van der Waals surface area contributed by atoms with E-state index in [1.807, 2.05) is 87.0 Å². The standard InChI is InChI=1S/2C27H28N.2C20H20N.2C13H24O2.2Ir/c2*1-17-7-18(2)9-23(8-17)26-25-4-3-24(13-22(25)5-6-28-26)27-14-19-10-20(15-27)12-21(11-19)16-27;2*1-13(2)16-5-6-19-17(12-16)7-8-21-20(19)18-10-14(3)9-15(4)11-18;2*1-5-10(6-2)12(14)9-13(15)11(7-3)8-4;;/h2*3-8,13,19-21H,10-12,14-16H2,1-2H3;2*5-10,12-13H,1-4H3;2*9-11,14H,5-8H2,1-4H3;;/q4*-1;;;;/i;;8D;;;;;. The van der Waals surface area contributed by atoms with Crippen molar-refractivity contribution in [1.29, 1.82) is 0 Å². The van der Waals surface area contributed by atoms with Gasteiger partial charge in [0.2, 0.25) is 0 Å². The van der Waals surface area contributed by atoms with Crippen LogP contribution in [0.5, 0.6) is 0 Å². The summed E-state index contributed by atoms with van der Waals surface area (Å²) >= 11 is 0. The van der Waals surface area contributed by atoms with Gasteiger partial charge in [0.15, 0.2) is 11.6 Å². The van der Waals surface area contributed by atoms with Gasteiger partial charge in [0.1, 0.15) is 0 Å². The van der Waals surface area contributed by atoms with Crippen molar-refractivity contribution in [3.05, 3.63) is 285 Å². The fourth-order valence-corrected chi connectivity index (χ4v) is 23.5. The van der Waals surface area contributed by atoms with Crippen LogP contribution in [0, 0.1) is 139 Å². The Morgan fingerprint density at radius 3 is 0.869 bits per heavy atom. The second kappa shape index (κ2) is 45.7. The molecule has 20 rings (SSSR count). The molecule has 130 heavy (non-hydrogen) atoms. The second-order valence-electron chi connectivity index (χ2n) is 40.1. The molecule has 0 spiro atoms. The van der Waals surface area contributed by atoms with E-state index in [1.54, 1.807) is 11.1 Å². The molecular weight excluding hydrogens is 1950 g/mol.